The number of hydrogen-bond donors (Lipinski definition) is 0. The van der Waals surface area contributed by atoms with E-state index in [1.807, 2.05) is 0 Å². The van der Waals surface area contributed by atoms with Crippen LogP contribution in [0.2, 0.25) is 6.32 Å². The monoisotopic (exact) mass is 174 g/mol. The van der Waals surface area contributed by atoms with E-state index in [4.69, 9.17) is 12.6 Å². The van der Waals surface area contributed by atoms with Crippen LogP contribution in [0.5, 0.6) is 0 Å². The normalized spacial score (nSPS) is 24.6. The second kappa shape index (κ2) is 2.40. The van der Waals surface area contributed by atoms with Gasteiger partial charge in [-0.1, -0.05) is 22.3 Å². The summed E-state index contributed by atoms with van der Waals surface area (Å²) in [4.78, 5) is 0. The van der Waals surface area contributed by atoms with Crippen LogP contribution in [0.15, 0.2) is 0 Å². The van der Waals surface area contributed by atoms with Crippen molar-refractivity contribution >= 4 is 23.8 Å². The molecule has 0 spiro atoms. The van der Waals surface area contributed by atoms with E-state index >= 15 is 0 Å². The van der Waals surface area contributed by atoms with Gasteiger partial charge in [-0.05, 0) is 0 Å². The standard InChI is InChI=1S/C5H8BBrO/c6-1-5(2-7)3-8-4-5/h1-4H2. The molecule has 0 aromatic rings. The number of ether oxygens (including phenoxy) is 1. The first-order valence-electron chi connectivity index (χ1n) is 2.67. The summed E-state index contributed by atoms with van der Waals surface area (Å²) in [5.74, 6) is 0. The molecule has 2 radical (unpaired) electrons. The van der Waals surface area contributed by atoms with Crippen molar-refractivity contribution in [3.8, 4) is 0 Å². The molecule has 0 amide bonds. The lowest BCUT2D eigenvalue weighted by Crippen LogP contribution is -2.43. The van der Waals surface area contributed by atoms with Gasteiger partial charge < -0.3 is 4.74 Å². The topological polar surface area (TPSA) is 9.23 Å². The molecular weight excluding hydrogens is 167 g/mol. The molecule has 1 aliphatic heterocycles. The SMILES string of the molecule is [B]CC1(CBr)COC1. The number of rotatable bonds is 2. The van der Waals surface area contributed by atoms with Crippen molar-refractivity contribution in [1.29, 1.82) is 0 Å². The smallest absolute Gasteiger partial charge is 0.0663 e. The van der Waals surface area contributed by atoms with Crippen molar-refractivity contribution in [3.63, 3.8) is 0 Å². The summed E-state index contributed by atoms with van der Waals surface area (Å²) in [6, 6.07) is 0. The molecule has 0 bridgehead atoms. The van der Waals surface area contributed by atoms with Crippen LogP contribution in [0.3, 0.4) is 0 Å². The van der Waals surface area contributed by atoms with E-state index < -0.39 is 0 Å². The Hall–Kier alpha value is 0.505. The average molecular weight is 175 g/mol. The highest BCUT2D eigenvalue weighted by molar-refractivity contribution is 9.09. The van der Waals surface area contributed by atoms with Crippen molar-refractivity contribution in [2.45, 2.75) is 6.32 Å². The van der Waals surface area contributed by atoms with Gasteiger partial charge in [0.15, 0.2) is 0 Å². The molecule has 0 aliphatic carbocycles. The molecule has 1 aliphatic rings. The minimum absolute atomic E-state index is 0.278. The average Bonchev–Trinajstić information content (AvgIpc) is 1.67. The summed E-state index contributed by atoms with van der Waals surface area (Å²) in [5, 5.41) is 0.969. The summed E-state index contributed by atoms with van der Waals surface area (Å²) in [5.41, 5.74) is 0.278. The molecule has 0 aromatic heterocycles. The Labute approximate surface area is 59.3 Å². The minimum Gasteiger partial charge on any atom is -0.380 e. The van der Waals surface area contributed by atoms with Crippen molar-refractivity contribution < 1.29 is 4.74 Å². The maximum atomic E-state index is 5.47. The second-order valence-electron chi connectivity index (χ2n) is 2.33. The van der Waals surface area contributed by atoms with Gasteiger partial charge in [0.2, 0.25) is 0 Å². The maximum Gasteiger partial charge on any atom is 0.0663 e. The van der Waals surface area contributed by atoms with Crippen LogP contribution in [-0.4, -0.2) is 26.4 Å². The summed E-state index contributed by atoms with van der Waals surface area (Å²) in [6.07, 6.45) is 0.734. The Kier molecular flexibility index (Phi) is 1.99. The van der Waals surface area contributed by atoms with Crippen molar-refractivity contribution in [3.05, 3.63) is 0 Å². The van der Waals surface area contributed by atoms with Gasteiger partial charge in [0.25, 0.3) is 0 Å². The highest BCUT2D eigenvalue weighted by Crippen LogP contribution is 2.32. The van der Waals surface area contributed by atoms with Crippen LogP contribution in [-0.2, 0) is 4.74 Å². The third-order valence-corrected chi connectivity index (χ3v) is 2.72. The number of halogens is 1. The van der Waals surface area contributed by atoms with E-state index in [0.717, 1.165) is 24.9 Å². The molecule has 8 heavy (non-hydrogen) atoms. The molecule has 1 heterocycles. The molecule has 0 aromatic carbocycles. The highest BCUT2D eigenvalue weighted by Gasteiger charge is 2.34. The van der Waals surface area contributed by atoms with Gasteiger partial charge in [0, 0.05) is 10.7 Å². The van der Waals surface area contributed by atoms with E-state index in [-0.39, 0.29) is 5.41 Å². The molecule has 0 atom stereocenters. The summed E-state index contributed by atoms with van der Waals surface area (Å²) < 4.78 is 5.01. The van der Waals surface area contributed by atoms with Crippen LogP contribution in [0, 0.1) is 5.41 Å². The lowest BCUT2D eigenvalue weighted by molar-refractivity contribution is -0.0848. The van der Waals surface area contributed by atoms with Crippen LogP contribution in [0.25, 0.3) is 0 Å². The zero-order valence-electron chi connectivity index (χ0n) is 4.69. The van der Waals surface area contributed by atoms with Crippen LogP contribution in [0.1, 0.15) is 0 Å². The van der Waals surface area contributed by atoms with Gasteiger partial charge in [-0.3, -0.25) is 0 Å². The van der Waals surface area contributed by atoms with Gasteiger partial charge in [-0.2, -0.15) is 0 Å². The van der Waals surface area contributed by atoms with E-state index in [9.17, 15) is 0 Å². The van der Waals surface area contributed by atoms with Crippen molar-refractivity contribution in [2.24, 2.45) is 5.41 Å². The molecule has 1 rings (SSSR count). The first kappa shape index (κ1) is 6.62. The lowest BCUT2D eigenvalue weighted by atomic mass is 9.76. The Bertz CT molecular complexity index is 69.0. The molecule has 0 unspecified atom stereocenters. The highest BCUT2D eigenvalue weighted by atomic mass is 79.9. The van der Waals surface area contributed by atoms with E-state index in [1.54, 1.807) is 0 Å². The first-order chi connectivity index (χ1) is 3.83. The maximum absolute atomic E-state index is 5.47. The molecule has 3 heteroatoms. The van der Waals surface area contributed by atoms with Crippen molar-refractivity contribution in [1.82, 2.24) is 0 Å². The van der Waals surface area contributed by atoms with E-state index in [1.165, 1.54) is 0 Å². The van der Waals surface area contributed by atoms with Gasteiger partial charge in [-0.15, -0.1) is 0 Å². The number of alkyl halides is 1. The molecule has 1 nitrogen and oxygen atoms in total. The fourth-order valence-electron chi connectivity index (χ4n) is 0.640. The Morgan fingerprint density at radius 2 is 2.25 bits per heavy atom. The Morgan fingerprint density at radius 3 is 2.25 bits per heavy atom. The Balaban J connectivity index is 2.33. The van der Waals surface area contributed by atoms with Gasteiger partial charge in [0.1, 0.15) is 0 Å². The quantitative estimate of drug-likeness (QED) is 0.448. The molecule has 1 fully saturated rings. The van der Waals surface area contributed by atoms with Crippen molar-refractivity contribution in [2.75, 3.05) is 18.5 Å². The fourth-order valence-corrected chi connectivity index (χ4v) is 1.19. The fraction of sp³-hybridized carbons (Fsp3) is 1.00. The van der Waals surface area contributed by atoms with Crippen LogP contribution >= 0.6 is 15.9 Å². The van der Waals surface area contributed by atoms with E-state index in [2.05, 4.69) is 15.9 Å². The second-order valence-corrected chi connectivity index (χ2v) is 2.89. The largest absolute Gasteiger partial charge is 0.380 e. The molecule has 1 saturated heterocycles. The zero-order valence-corrected chi connectivity index (χ0v) is 6.28. The first-order valence-corrected chi connectivity index (χ1v) is 3.79. The van der Waals surface area contributed by atoms with Crippen LogP contribution in [0.4, 0.5) is 0 Å². The third kappa shape index (κ3) is 0.937. The van der Waals surface area contributed by atoms with E-state index in [0.29, 0.717) is 0 Å². The van der Waals surface area contributed by atoms with Crippen LogP contribution < -0.4 is 0 Å². The summed E-state index contributed by atoms with van der Waals surface area (Å²) >= 11 is 3.38. The molecule has 0 saturated carbocycles. The van der Waals surface area contributed by atoms with Gasteiger partial charge in [0.05, 0.1) is 21.1 Å². The summed E-state index contributed by atoms with van der Waals surface area (Å²) in [7, 11) is 5.47. The minimum atomic E-state index is 0.278. The molecule has 44 valence electrons. The van der Waals surface area contributed by atoms with Gasteiger partial charge >= 0.3 is 0 Å². The Morgan fingerprint density at radius 1 is 1.62 bits per heavy atom. The summed E-state index contributed by atoms with van der Waals surface area (Å²) in [6.45, 7) is 1.66. The predicted molar refractivity (Wildman–Crippen MR) is 37.6 cm³/mol. The lowest BCUT2D eigenvalue weighted by Gasteiger charge is -2.39. The predicted octanol–water partition coefficient (Wildman–Crippen LogP) is 0.985. The molecular formula is C5H8BBrO. The zero-order chi connectivity index (χ0) is 6.04. The third-order valence-electron chi connectivity index (χ3n) is 1.53. The number of hydrogen-bond acceptors (Lipinski definition) is 1. The molecule has 0 N–H and O–H groups in total. The van der Waals surface area contributed by atoms with Gasteiger partial charge in [-0.25, -0.2) is 0 Å².